The molecule has 1 aromatic heterocycles. The molecule has 0 unspecified atom stereocenters. The monoisotopic (exact) mass is 384 g/mol. The van der Waals surface area contributed by atoms with Crippen molar-refractivity contribution in [2.45, 2.75) is 25.8 Å². The van der Waals surface area contributed by atoms with Gasteiger partial charge in [0.2, 0.25) is 11.7 Å². The number of carbonyl (C=O) groups is 1. The van der Waals surface area contributed by atoms with E-state index in [9.17, 15) is 4.79 Å². The van der Waals surface area contributed by atoms with Gasteiger partial charge >= 0.3 is 0 Å². The number of amides is 1. The molecule has 2 aliphatic rings. The van der Waals surface area contributed by atoms with Crippen LogP contribution in [0.5, 0.6) is 0 Å². The van der Waals surface area contributed by atoms with Crippen molar-refractivity contribution in [1.29, 1.82) is 0 Å². The van der Waals surface area contributed by atoms with Gasteiger partial charge in [0, 0.05) is 31.7 Å². The molecular formula is C20H28N6O2. The summed E-state index contributed by atoms with van der Waals surface area (Å²) in [4.78, 5) is 18.4. The lowest BCUT2D eigenvalue weighted by molar-refractivity contribution is -0.133. The van der Waals surface area contributed by atoms with E-state index in [2.05, 4.69) is 20.3 Å². The lowest BCUT2D eigenvalue weighted by atomic mass is 9.93. The number of ether oxygens (including phenoxy) is 1. The Morgan fingerprint density at radius 2 is 1.82 bits per heavy atom. The number of aromatic nitrogens is 4. The fraction of sp³-hybridized carbons (Fsp3) is 0.600. The van der Waals surface area contributed by atoms with Crippen LogP contribution in [-0.4, -0.2) is 81.9 Å². The quantitative estimate of drug-likeness (QED) is 0.747. The predicted octanol–water partition coefficient (Wildman–Crippen LogP) is 1.30. The van der Waals surface area contributed by atoms with Crippen LogP contribution in [-0.2, 0) is 16.1 Å². The highest BCUT2D eigenvalue weighted by Crippen LogP contribution is 2.21. The third-order valence-electron chi connectivity index (χ3n) is 5.69. The van der Waals surface area contributed by atoms with Crippen molar-refractivity contribution in [3.05, 3.63) is 30.3 Å². The first-order chi connectivity index (χ1) is 13.8. The third-order valence-corrected chi connectivity index (χ3v) is 5.69. The van der Waals surface area contributed by atoms with Gasteiger partial charge in [0.05, 0.1) is 13.2 Å². The van der Waals surface area contributed by atoms with E-state index in [-0.39, 0.29) is 12.5 Å². The fourth-order valence-electron chi connectivity index (χ4n) is 3.89. The minimum Gasteiger partial charge on any atom is -0.379 e. The van der Waals surface area contributed by atoms with E-state index in [0.29, 0.717) is 11.7 Å². The number of tetrazole rings is 1. The molecule has 2 saturated heterocycles. The van der Waals surface area contributed by atoms with Gasteiger partial charge < -0.3 is 9.64 Å². The molecule has 2 aliphatic heterocycles. The number of hydrogen-bond acceptors (Lipinski definition) is 6. The van der Waals surface area contributed by atoms with Crippen molar-refractivity contribution in [3.8, 4) is 11.4 Å². The Morgan fingerprint density at radius 1 is 1.07 bits per heavy atom. The zero-order valence-corrected chi connectivity index (χ0v) is 16.2. The summed E-state index contributed by atoms with van der Waals surface area (Å²) < 4.78 is 5.40. The molecule has 0 N–H and O–H groups in total. The molecule has 1 amide bonds. The summed E-state index contributed by atoms with van der Waals surface area (Å²) in [5.74, 6) is 1.33. The van der Waals surface area contributed by atoms with Crippen LogP contribution in [0.4, 0.5) is 0 Å². The Bertz CT molecular complexity index is 751. The normalized spacial score (nSPS) is 19.1. The molecule has 28 heavy (non-hydrogen) atoms. The second kappa shape index (κ2) is 9.25. The Morgan fingerprint density at radius 3 is 2.57 bits per heavy atom. The van der Waals surface area contributed by atoms with Crippen molar-refractivity contribution < 1.29 is 9.53 Å². The molecule has 1 aromatic carbocycles. The summed E-state index contributed by atoms with van der Waals surface area (Å²) in [6.45, 7) is 6.76. The Labute approximate surface area is 165 Å². The van der Waals surface area contributed by atoms with Gasteiger partial charge in [0.25, 0.3) is 0 Å². The lowest BCUT2D eigenvalue weighted by Gasteiger charge is -2.33. The molecule has 0 spiro atoms. The fourth-order valence-corrected chi connectivity index (χ4v) is 3.89. The number of hydrogen-bond donors (Lipinski definition) is 0. The third kappa shape index (κ3) is 4.94. The van der Waals surface area contributed by atoms with Crippen LogP contribution in [0.3, 0.4) is 0 Å². The molecule has 2 fully saturated rings. The maximum absolute atomic E-state index is 12.6. The van der Waals surface area contributed by atoms with Gasteiger partial charge in [-0.3, -0.25) is 9.69 Å². The average Bonchev–Trinajstić information content (AvgIpc) is 3.22. The van der Waals surface area contributed by atoms with Crippen molar-refractivity contribution in [2.24, 2.45) is 5.92 Å². The molecular weight excluding hydrogens is 356 g/mol. The SMILES string of the molecule is O=C(Cn1nnc(-c2ccccc2)n1)N1CCC(CCN2CCOCC2)CC1. The minimum atomic E-state index is 0.0728. The summed E-state index contributed by atoms with van der Waals surface area (Å²) in [5, 5.41) is 12.4. The first-order valence-corrected chi connectivity index (χ1v) is 10.2. The van der Waals surface area contributed by atoms with E-state index in [4.69, 9.17) is 4.74 Å². The molecule has 0 radical (unpaired) electrons. The predicted molar refractivity (Wildman–Crippen MR) is 104 cm³/mol. The Hall–Kier alpha value is -2.32. The summed E-state index contributed by atoms with van der Waals surface area (Å²) in [6, 6.07) is 9.69. The highest BCUT2D eigenvalue weighted by molar-refractivity contribution is 5.75. The molecule has 0 aliphatic carbocycles. The summed E-state index contributed by atoms with van der Waals surface area (Å²) in [5.41, 5.74) is 0.905. The van der Waals surface area contributed by atoms with Gasteiger partial charge in [-0.2, -0.15) is 4.80 Å². The maximum atomic E-state index is 12.6. The van der Waals surface area contributed by atoms with Gasteiger partial charge in [-0.1, -0.05) is 30.3 Å². The van der Waals surface area contributed by atoms with E-state index in [0.717, 1.165) is 64.3 Å². The van der Waals surface area contributed by atoms with Crippen molar-refractivity contribution in [1.82, 2.24) is 30.0 Å². The molecule has 150 valence electrons. The average molecular weight is 384 g/mol. The molecule has 2 aromatic rings. The minimum absolute atomic E-state index is 0.0728. The van der Waals surface area contributed by atoms with Crippen molar-refractivity contribution >= 4 is 5.91 Å². The van der Waals surface area contributed by atoms with Gasteiger partial charge in [-0.25, -0.2) is 0 Å². The maximum Gasteiger partial charge on any atom is 0.246 e. The van der Waals surface area contributed by atoms with Crippen molar-refractivity contribution in [3.63, 3.8) is 0 Å². The van der Waals surface area contributed by atoms with Gasteiger partial charge in [0.1, 0.15) is 6.54 Å². The van der Waals surface area contributed by atoms with Crippen LogP contribution in [0.2, 0.25) is 0 Å². The van der Waals surface area contributed by atoms with E-state index in [1.165, 1.54) is 11.2 Å². The number of likely N-dealkylation sites (tertiary alicyclic amines) is 1. The Balaban J connectivity index is 1.21. The number of nitrogens with zero attached hydrogens (tertiary/aromatic N) is 6. The van der Waals surface area contributed by atoms with E-state index in [1.54, 1.807) is 0 Å². The van der Waals surface area contributed by atoms with E-state index in [1.807, 2.05) is 35.2 Å². The number of piperidine rings is 1. The second-order valence-corrected chi connectivity index (χ2v) is 7.58. The number of morpholine rings is 1. The van der Waals surface area contributed by atoms with E-state index >= 15 is 0 Å². The van der Waals surface area contributed by atoms with Crippen LogP contribution in [0.15, 0.2) is 30.3 Å². The summed E-state index contributed by atoms with van der Waals surface area (Å²) in [6.07, 6.45) is 3.37. The molecule has 4 rings (SSSR count). The van der Waals surface area contributed by atoms with Gasteiger partial charge in [-0.15, -0.1) is 10.2 Å². The van der Waals surface area contributed by atoms with Crippen molar-refractivity contribution in [2.75, 3.05) is 45.9 Å². The molecule has 0 bridgehead atoms. The highest BCUT2D eigenvalue weighted by atomic mass is 16.5. The first kappa shape index (κ1) is 19.0. The summed E-state index contributed by atoms with van der Waals surface area (Å²) >= 11 is 0. The summed E-state index contributed by atoms with van der Waals surface area (Å²) in [7, 11) is 0. The number of carbonyl (C=O) groups excluding carboxylic acids is 1. The van der Waals surface area contributed by atoms with Crippen LogP contribution >= 0.6 is 0 Å². The Kier molecular flexibility index (Phi) is 6.28. The smallest absolute Gasteiger partial charge is 0.246 e. The van der Waals surface area contributed by atoms with Gasteiger partial charge in [-0.05, 0) is 36.9 Å². The molecule has 8 nitrogen and oxygen atoms in total. The topological polar surface area (TPSA) is 76.4 Å². The zero-order chi connectivity index (χ0) is 19.2. The highest BCUT2D eigenvalue weighted by Gasteiger charge is 2.24. The largest absolute Gasteiger partial charge is 0.379 e. The molecule has 8 heteroatoms. The second-order valence-electron chi connectivity index (χ2n) is 7.58. The standard InChI is InChI=1S/C20H28N6O2/c27-19(16-26-22-20(21-23-26)18-4-2-1-3-5-18)25-10-7-17(8-11-25)6-9-24-12-14-28-15-13-24/h1-5,17H,6-16H2. The zero-order valence-electron chi connectivity index (χ0n) is 16.2. The molecule has 0 saturated carbocycles. The van der Waals surface area contributed by atoms with Crippen LogP contribution < -0.4 is 0 Å². The molecule has 0 atom stereocenters. The van der Waals surface area contributed by atoms with Crippen LogP contribution in [0.25, 0.3) is 11.4 Å². The molecule has 3 heterocycles. The van der Waals surface area contributed by atoms with Gasteiger partial charge in [0.15, 0.2) is 0 Å². The van der Waals surface area contributed by atoms with Crippen LogP contribution in [0.1, 0.15) is 19.3 Å². The number of rotatable bonds is 6. The van der Waals surface area contributed by atoms with E-state index < -0.39 is 0 Å². The first-order valence-electron chi connectivity index (χ1n) is 10.2. The van der Waals surface area contributed by atoms with Crippen LogP contribution in [0, 0.1) is 5.92 Å². The number of benzene rings is 1. The lowest BCUT2D eigenvalue weighted by Crippen LogP contribution is -2.42.